The zero-order valence-corrected chi connectivity index (χ0v) is 13.4. The number of imidazole rings is 1. The van der Waals surface area contributed by atoms with E-state index in [0.717, 1.165) is 16.8 Å². The number of fused-ring (bicyclic) bond motifs is 1. The maximum Gasteiger partial charge on any atom is 0.411 e. The van der Waals surface area contributed by atoms with Crippen molar-refractivity contribution in [1.82, 2.24) is 9.55 Å². The zero-order chi connectivity index (χ0) is 17.1. The summed E-state index contributed by atoms with van der Waals surface area (Å²) in [5, 5.41) is 3.39. The van der Waals surface area contributed by atoms with Gasteiger partial charge in [0, 0.05) is 42.1 Å². The molecule has 7 heteroatoms. The molecular weight excluding hydrogens is 310 g/mol. The molecule has 0 radical (unpaired) electrons. The van der Waals surface area contributed by atoms with Crippen LogP contribution in [0.1, 0.15) is 18.3 Å². The van der Waals surface area contributed by atoms with E-state index in [1.54, 1.807) is 31.3 Å². The number of carbonyl (C=O) groups excluding carboxylic acids is 1. The average Bonchev–Trinajstić information content (AvgIpc) is 2.92. The number of benzene rings is 1. The summed E-state index contributed by atoms with van der Waals surface area (Å²) in [6, 6.07) is 6.63. The Morgan fingerprint density at radius 2 is 2.21 bits per heavy atom. The lowest BCUT2D eigenvalue weighted by Crippen LogP contribution is -2.13. The SMILES string of the molecule is CCOC(=O)Nc1ccc2c(Cn3ccnc3C)cc(=O)oc2c1. The quantitative estimate of drug-likeness (QED) is 0.745. The van der Waals surface area contributed by atoms with Gasteiger partial charge in [0.05, 0.1) is 6.61 Å². The topological polar surface area (TPSA) is 86.4 Å². The molecule has 7 nitrogen and oxygen atoms in total. The van der Waals surface area contributed by atoms with Gasteiger partial charge in [0.1, 0.15) is 11.4 Å². The lowest BCUT2D eigenvalue weighted by molar-refractivity contribution is 0.168. The highest BCUT2D eigenvalue weighted by molar-refractivity contribution is 5.89. The summed E-state index contributed by atoms with van der Waals surface area (Å²) in [6.07, 6.45) is 3.01. The summed E-state index contributed by atoms with van der Waals surface area (Å²) in [5.41, 5.74) is 1.29. The van der Waals surface area contributed by atoms with Crippen LogP contribution in [0.3, 0.4) is 0 Å². The van der Waals surface area contributed by atoms with Crippen LogP contribution in [0, 0.1) is 6.92 Å². The molecule has 0 aliphatic heterocycles. The lowest BCUT2D eigenvalue weighted by Gasteiger charge is -2.10. The second kappa shape index (κ2) is 6.57. The first kappa shape index (κ1) is 15.8. The normalized spacial score (nSPS) is 10.8. The Labute approximate surface area is 137 Å². The number of nitrogens with zero attached hydrogens (tertiary/aromatic N) is 2. The van der Waals surface area contributed by atoms with Crippen molar-refractivity contribution in [3.63, 3.8) is 0 Å². The molecule has 1 N–H and O–H groups in total. The summed E-state index contributed by atoms with van der Waals surface area (Å²) in [4.78, 5) is 27.5. The molecule has 0 aliphatic carbocycles. The van der Waals surface area contributed by atoms with Crippen LogP contribution < -0.4 is 10.9 Å². The number of anilines is 1. The summed E-state index contributed by atoms with van der Waals surface area (Å²) < 4.78 is 12.0. The van der Waals surface area contributed by atoms with Gasteiger partial charge < -0.3 is 13.7 Å². The first-order valence-electron chi connectivity index (χ1n) is 7.55. The van der Waals surface area contributed by atoms with Crippen molar-refractivity contribution < 1.29 is 13.9 Å². The molecule has 24 heavy (non-hydrogen) atoms. The Morgan fingerprint density at radius 1 is 1.38 bits per heavy atom. The second-order valence-electron chi connectivity index (χ2n) is 5.25. The van der Waals surface area contributed by atoms with E-state index in [2.05, 4.69) is 10.3 Å². The molecule has 0 unspecified atom stereocenters. The Hall–Kier alpha value is -3.09. The number of aryl methyl sites for hydroxylation is 1. The first-order chi connectivity index (χ1) is 11.6. The van der Waals surface area contributed by atoms with Crippen molar-refractivity contribution >= 4 is 22.7 Å². The van der Waals surface area contributed by atoms with E-state index < -0.39 is 11.7 Å². The summed E-state index contributed by atoms with van der Waals surface area (Å²) in [5.74, 6) is 0.858. The van der Waals surface area contributed by atoms with Crippen LogP contribution in [0.25, 0.3) is 11.0 Å². The van der Waals surface area contributed by atoms with Gasteiger partial charge in [-0.15, -0.1) is 0 Å². The van der Waals surface area contributed by atoms with Gasteiger partial charge in [0.25, 0.3) is 0 Å². The van der Waals surface area contributed by atoms with Crippen molar-refractivity contribution in [2.75, 3.05) is 11.9 Å². The standard InChI is InChI=1S/C17H17N3O4/c1-3-23-17(22)19-13-4-5-14-12(8-16(21)24-15(14)9-13)10-20-7-6-18-11(20)2/h4-9H,3,10H2,1-2H3,(H,19,22). The minimum absolute atomic E-state index is 0.281. The third-order valence-corrected chi connectivity index (χ3v) is 3.62. The molecule has 0 spiro atoms. The predicted octanol–water partition coefficient (Wildman–Crippen LogP) is 2.91. The van der Waals surface area contributed by atoms with Gasteiger partial charge in [-0.25, -0.2) is 14.6 Å². The van der Waals surface area contributed by atoms with Gasteiger partial charge >= 0.3 is 11.7 Å². The molecule has 0 saturated carbocycles. The molecule has 3 rings (SSSR count). The van der Waals surface area contributed by atoms with Crippen LogP contribution in [0.15, 0.2) is 45.9 Å². The number of amides is 1. The molecule has 3 aromatic rings. The summed E-state index contributed by atoms with van der Waals surface area (Å²) in [6.45, 7) is 4.42. The van der Waals surface area contributed by atoms with E-state index in [4.69, 9.17) is 9.15 Å². The number of hydrogen-bond acceptors (Lipinski definition) is 5. The number of nitrogens with one attached hydrogen (secondary N) is 1. The fourth-order valence-electron chi connectivity index (χ4n) is 2.48. The molecule has 2 heterocycles. The fraction of sp³-hybridized carbons (Fsp3) is 0.235. The van der Waals surface area contributed by atoms with Crippen LogP contribution >= 0.6 is 0 Å². The number of rotatable bonds is 4. The minimum atomic E-state index is -0.551. The van der Waals surface area contributed by atoms with Crippen molar-refractivity contribution in [2.24, 2.45) is 0 Å². The van der Waals surface area contributed by atoms with Crippen LogP contribution in [-0.4, -0.2) is 22.3 Å². The van der Waals surface area contributed by atoms with Gasteiger partial charge in [-0.3, -0.25) is 5.32 Å². The zero-order valence-electron chi connectivity index (χ0n) is 13.4. The van der Waals surface area contributed by atoms with E-state index in [9.17, 15) is 9.59 Å². The maximum atomic E-state index is 11.9. The molecule has 0 saturated heterocycles. The largest absolute Gasteiger partial charge is 0.450 e. The Bertz CT molecular complexity index is 942. The molecule has 1 aromatic carbocycles. The molecule has 124 valence electrons. The third kappa shape index (κ3) is 3.29. The number of carbonyl (C=O) groups is 1. The molecular formula is C17H17N3O4. The Morgan fingerprint density at radius 3 is 2.92 bits per heavy atom. The number of ether oxygens (including phenoxy) is 1. The van der Waals surface area contributed by atoms with E-state index in [-0.39, 0.29) is 6.61 Å². The van der Waals surface area contributed by atoms with Crippen molar-refractivity contribution in [1.29, 1.82) is 0 Å². The predicted molar refractivity (Wildman–Crippen MR) is 89.2 cm³/mol. The molecule has 0 aliphatic rings. The maximum absolute atomic E-state index is 11.9. The molecule has 0 atom stereocenters. The fourth-order valence-corrected chi connectivity index (χ4v) is 2.48. The Kier molecular flexibility index (Phi) is 4.33. The molecule has 1 amide bonds. The lowest BCUT2D eigenvalue weighted by atomic mass is 10.1. The van der Waals surface area contributed by atoms with Crippen molar-refractivity contribution in [2.45, 2.75) is 20.4 Å². The Balaban J connectivity index is 1.98. The smallest absolute Gasteiger partial charge is 0.411 e. The van der Waals surface area contributed by atoms with Crippen molar-refractivity contribution in [3.8, 4) is 0 Å². The third-order valence-electron chi connectivity index (χ3n) is 3.62. The highest BCUT2D eigenvalue weighted by Crippen LogP contribution is 2.22. The number of aromatic nitrogens is 2. The van der Waals surface area contributed by atoms with Crippen LogP contribution in [-0.2, 0) is 11.3 Å². The molecule has 2 aromatic heterocycles. The second-order valence-corrected chi connectivity index (χ2v) is 5.25. The van der Waals surface area contributed by atoms with Gasteiger partial charge in [0.15, 0.2) is 0 Å². The van der Waals surface area contributed by atoms with E-state index in [0.29, 0.717) is 17.8 Å². The first-order valence-corrected chi connectivity index (χ1v) is 7.55. The molecule has 0 bridgehead atoms. The number of hydrogen-bond donors (Lipinski definition) is 1. The average molecular weight is 327 g/mol. The van der Waals surface area contributed by atoms with Crippen LogP contribution in [0.5, 0.6) is 0 Å². The van der Waals surface area contributed by atoms with Gasteiger partial charge in [0.2, 0.25) is 0 Å². The van der Waals surface area contributed by atoms with E-state index in [1.165, 1.54) is 6.07 Å². The van der Waals surface area contributed by atoms with Crippen LogP contribution in [0.4, 0.5) is 10.5 Å². The van der Waals surface area contributed by atoms with Gasteiger partial charge in [-0.2, -0.15) is 0 Å². The highest BCUT2D eigenvalue weighted by atomic mass is 16.5. The van der Waals surface area contributed by atoms with Gasteiger partial charge in [-0.05, 0) is 31.5 Å². The molecule has 0 fully saturated rings. The van der Waals surface area contributed by atoms with Crippen LogP contribution in [0.2, 0.25) is 0 Å². The van der Waals surface area contributed by atoms with Gasteiger partial charge in [-0.1, -0.05) is 0 Å². The summed E-state index contributed by atoms with van der Waals surface area (Å²) >= 11 is 0. The van der Waals surface area contributed by atoms with Crippen molar-refractivity contribution in [3.05, 3.63) is 58.5 Å². The highest BCUT2D eigenvalue weighted by Gasteiger charge is 2.10. The van der Waals surface area contributed by atoms with E-state index in [1.807, 2.05) is 17.7 Å². The van der Waals surface area contributed by atoms with E-state index >= 15 is 0 Å². The minimum Gasteiger partial charge on any atom is -0.450 e. The monoisotopic (exact) mass is 327 g/mol. The summed E-state index contributed by atoms with van der Waals surface area (Å²) in [7, 11) is 0.